The van der Waals surface area contributed by atoms with E-state index >= 15 is 0 Å². The molecule has 0 heterocycles. The first-order valence-corrected chi connectivity index (χ1v) is 7.05. The Morgan fingerprint density at radius 2 is 2.21 bits per heavy atom. The number of aliphatic hydroxyl groups is 1. The second-order valence-corrected chi connectivity index (χ2v) is 5.06. The first-order chi connectivity index (χ1) is 9.17. The van der Waals surface area contributed by atoms with Gasteiger partial charge in [0, 0.05) is 11.1 Å². The fourth-order valence-corrected chi connectivity index (χ4v) is 1.78. The molecule has 4 nitrogen and oxygen atoms in total. The van der Waals surface area contributed by atoms with E-state index in [0.29, 0.717) is 17.9 Å². The Balaban J connectivity index is 2.38. The molecule has 0 aliphatic heterocycles. The van der Waals surface area contributed by atoms with Gasteiger partial charge in [-0.05, 0) is 24.6 Å². The van der Waals surface area contributed by atoms with E-state index < -0.39 is 6.10 Å². The molecule has 0 fully saturated rings. The molecule has 1 unspecified atom stereocenters. The highest BCUT2D eigenvalue weighted by Gasteiger charge is 2.08. The van der Waals surface area contributed by atoms with Crippen LogP contribution in [0, 0.1) is 11.3 Å². The highest BCUT2D eigenvalue weighted by Crippen LogP contribution is 2.22. The molecule has 1 atom stereocenters. The summed E-state index contributed by atoms with van der Waals surface area (Å²) in [7, 11) is 0. The summed E-state index contributed by atoms with van der Waals surface area (Å²) in [6, 6.07) is 7.23. The van der Waals surface area contributed by atoms with Crippen LogP contribution in [0.25, 0.3) is 0 Å². The Hall–Kier alpha value is -1.09. The molecule has 1 N–H and O–H groups in total. The zero-order valence-corrected chi connectivity index (χ0v) is 12.5. The van der Waals surface area contributed by atoms with E-state index in [9.17, 15) is 5.11 Å². The summed E-state index contributed by atoms with van der Waals surface area (Å²) in [6.45, 7) is 3.09. The van der Waals surface area contributed by atoms with Crippen molar-refractivity contribution in [2.75, 3.05) is 19.8 Å². The standard InChI is InChI=1S/C14H18BrNO3/c1-2-3-6-18-9-13(17)10-19-14-5-4-12(15)7-11(14)8-16/h4-5,7,13,17H,2-3,6,9-10H2,1H3. The zero-order chi connectivity index (χ0) is 14.1. The summed E-state index contributed by atoms with van der Waals surface area (Å²) in [5.41, 5.74) is 0.438. The molecule has 0 bridgehead atoms. The minimum Gasteiger partial charge on any atom is -0.489 e. The van der Waals surface area contributed by atoms with Crippen molar-refractivity contribution in [3.8, 4) is 11.8 Å². The van der Waals surface area contributed by atoms with Gasteiger partial charge in [-0.1, -0.05) is 29.3 Å². The lowest BCUT2D eigenvalue weighted by atomic mass is 10.2. The van der Waals surface area contributed by atoms with E-state index in [0.717, 1.165) is 17.3 Å². The second kappa shape index (κ2) is 8.92. The molecule has 5 heteroatoms. The topological polar surface area (TPSA) is 62.5 Å². The molecule has 1 rings (SSSR count). The molecule has 0 radical (unpaired) electrons. The van der Waals surface area contributed by atoms with Crippen LogP contribution in [0.3, 0.4) is 0 Å². The molecule has 0 aliphatic carbocycles. The van der Waals surface area contributed by atoms with Crippen molar-refractivity contribution >= 4 is 15.9 Å². The number of nitriles is 1. The van der Waals surface area contributed by atoms with Crippen molar-refractivity contribution < 1.29 is 14.6 Å². The van der Waals surface area contributed by atoms with E-state index in [-0.39, 0.29) is 13.2 Å². The lowest BCUT2D eigenvalue weighted by Gasteiger charge is -2.13. The number of aliphatic hydroxyl groups excluding tert-OH is 1. The van der Waals surface area contributed by atoms with E-state index in [2.05, 4.69) is 28.9 Å². The van der Waals surface area contributed by atoms with Crippen molar-refractivity contribution in [3.05, 3.63) is 28.2 Å². The Bertz CT molecular complexity index is 431. The van der Waals surface area contributed by atoms with Gasteiger partial charge in [-0.2, -0.15) is 5.26 Å². The lowest BCUT2D eigenvalue weighted by molar-refractivity contribution is 0.0112. The summed E-state index contributed by atoms with van der Waals surface area (Å²) in [4.78, 5) is 0. The van der Waals surface area contributed by atoms with Gasteiger partial charge in [-0.25, -0.2) is 0 Å². The van der Waals surface area contributed by atoms with Gasteiger partial charge in [0.05, 0.1) is 12.2 Å². The maximum Gasteiger partial charge on any atom is 0.137 e. The van der Waals surface area contributed by atoms with Crippen molar-refractivity contribution in [3.63, 3.8) is 0 Å². The third kappa shape index (κ3) is 6.06. The molecule has 0 aromatic heterocycles. The summed E-state index contributed by atoms with van der Waals surface area (Å²) < 4.78 is 11.5. The molecule has 0 spiro atoms. The van der Waals surface area contributed by atoms with Crippen LogP contribution in [-0.4, -0.2) is 31.0 Å². The van der Waals surface area contributed by atoms with E-state index in [1.165, 1.54) is 0 Å². The van der Waals surface area contributed by atoms with Gasteiger partial charge in [-0.3, -0.25) is 0 Å². The molecule has 1 aromatic carbocycles. The normalized spacial score (nSPS) is 11.9. The highest BCUT2D eigenvalue weighted by molar-refractivity contribution is 9.10. The van der Waals surface area contributed by atoms with Crippen molar-refractivity contribution in [2.45, 2.75) is 25.9 Å². The Labute approximate surface area is 122 Å². The van der Waals surface area contributed by atoms with Crippen LogP contribution >= 0.6 is 15.9 Å². The van der Waals surface area contributed by atoms with Gasteiger partial charge in [0.25, 0.3) is 0 Å². The number of rotatable bonds is 8. The van der Waals surface area contributed by atoms with E-state index in [1.54, 1.807) is 18.2 Å². The van der Waals surface area contributed by atoms with E-state index in [4.69, 9.17) is 14.7 Å². The van der Waals surface area contributed by atoms with Gasteiger partial charge < -0.3 is 14.6 Å². The third-order valence-electron chi connectivity index (χ3n) is 2.45. The minimum absolute atomic E-state index is 0.114. The van der Waals surface area contributed by atoms with Crippen molar-refractivity contribution in [1.82, 2.24) is 0 Å². The molecule has 0 saturated carbocycles. The Kier molecular flexibility index (Phi) is 7.49. The van der Waals surface area contributed by atoms with Gasteiger partial charge in [-0.15, -0.1) is 0 Å². The maximum absolute atomic E-state index is 9.69. The van der Waals surface area contributed by atoms with Gasteiger partial charge in [0.1, 0.15) is 24.5 Å². The SMILES string of the molecule is CCCCOCC(O)COc1ccc(Br)cc1C#N. The van der Waals surface area contributed by atoms with Crippen LogP contribution in [0.1, 0.15) is 25.3 Å². The average molecular weight is 328 g/mol. The lowest BCUT2D eigenvalue weighted by Crippen LogP contribution is -2.23. The fraction of sp³-hybridized carbons (Fsp3) is 0.500. The van der Waals surface area contributed by atoms with Crippen LogP contribution in [-0.2, 0) is 4.74 Å². The second-order valence-electron chi connectivity index (χ2n) is 4.15. The number of unbranched alkanes of at least 4 members (excludes halogenated alkanes) is 1. The van der Waals surface area contributed by atoms with E-state index in [1.807, 2.05) is 0 Å². The fourth-order valence-electron chi connectivity index (χ4n) is 1.42. The summed E-state index contributed by atoms with van der Waals surface area (Å²) in [5.74, 6) is 0.471. The summed E-state index contributed by atoms with van der Waals surface area (Å²) >= 11 is 3.29. The molecule has 104 valence electrons. The first kappa shape index (κ1) is 16.0. The Morgan fingerprint density at radius 3 is 2.89 bits per heavy atom. The number of hydrogen-bond acceptors (Lipinski definition) is 4. The smallest absolute Gasteiger partial charge is 0.137 e. The number of halogens is 1. The molecule has 0 saturated heterocycles. The molecule has 0 aliphatic rings. The van der Waals surface area contributed by atoms with Crippen LogP contribution in [0.15, 0.2) is 22.7 Å². The minimum atomic E-state index is -0.688. The monoisotopic (exact) mass is 327 g/mol. The molecule has 0 amide bonds. The Morgan fingerprint density at radius 1 is 1.42 bits per heavy atom. The highest BCUT2D eigenvalue weighted by atomic mass is 79.9. The van der Waals surface area contributed by atoms with Crippen molar-refractivity contribution in [1.29, 1.82) is 5.26 Å². The average Bonchev–Trinajstić information content (AvgIpc) is 2.42. The number of nitrogens with zero attached hydrogens (tertiary/aromatic N) is 1. The van der Waals surface area contributed by atoms with Gasteiger partial charge in [0.2, 0.25) is 0 Å². The largest absolute Gasteiger partial charge is 0.489 e. The molecular weight excluding hydrogens is 310 g/mol. The number of benzene rings is 1. The van der Waals surface area contributed by atoms with Crippen molar-refractivity contribution in [2.24, 2.45) is 0 Å². The van der Waals surface area contributed by atoms with Gasteiger partial charge in [0.15, 0.2) is 0 Å². The van der Waals surface area contributed by atoms with Gasteiger partial charge >= 0.3 is 0 Å². The molecule has 19 heavy (non-hydrogen) atoms. The predicted octanol–water partition coefficient (Wildman–Crippen LogP) is 2.88. The number of ether oxygens (including phenoxy) is 2. The first-order valence-electron chi connectivity index (χ1n) is 6.25. The maximum atomic E-state index is 9.69. The van der Waals surface area contributed by atoms with Crippen LogP contribution in [0.2, 0.25) is 0 Å². The number of hydrogen-bond donors (Lipinski definition) is 1. The van der Waals surface area contributed by atoms with Crippen LogP contribution < -0.4 is 4.74 Å². The molecular formula is C14H18BrNO3. The summed E-state index contributed by atoms with van der Waals surface area (Å²) in [6.07, 6.45) is 1.36. The predicted molar refractivity (Wildman–Crippen MR) is 76.1 cm³/mol. The zero-order valence-electron chi connectivity index (χ0n) is 10.9. The molecule has 1 aromatic rings. The third-order valence-corrected chi connectivity index (χ3v) is 2.94. The van der Waals surface area contributed by atoms with Crippen LogP contribution in [0.5, 0.6) is 5.75 Å². The quantitative estimate of drug-likeness (QED) is 0.746. The van der Waals surface area contributed by atoms with Crippen LogP contribution in [0.4, 0.5) is 0 Å². The summed E-state index contributed by atoms with van der Waals surface area (Å²) in [5, 5.41) is 18.7.